The first-order valence-corrected chi connectivity index (χ1v) is 6.83. The van der Waals surface area contributed by atoms with E-state index in [1.807, 2.05) is 13.0 Å². The van der Waals surface area contributed by atoms with Crippen LogP contribution in [-0.2, 0) is 4.79 Å². The lowest BCUT2D eigenvalue weighted by Crippen LogP contribution is -2.32. The highest BCUT2D eigenvalue weighted by Gasteiger charge is 2.08. The smallest absolute Gasteiger partial charge is 0.251 e. The molecule has 2 aromatic carbocycles. The van der Waals surface area contributed by atoms with Crippen LogP contribution >= 0.6 is 11.6 Å². The monoisotopic (exact) mass is 302 g/mol. The number of carbonyl (C=O) groups is 2. The highest BCUT2D eigenvalue weighted by atomic mass is 35.5. The van der Waals surface area contributed by atoms with E-state index >= 15 is 0 Å². The van der Waals surface area contributed by atoms with Crippen LogP contribution < -0.4 is 10.6 Å². The lowest BCUT2D eigenvalue weighted by Gasteiger charge is -2.07. The Morgan fingerprint density at radius 2 is 1.81 bits per heavy atom. The van der Waals surface area contributed by atoms with Crippen molar-refractivity contribution in [2.45, 2.75) is 6.92 Å². The molecule has 0 aliphatic heterocycles. The lowest BCUT2D eigenvalue weighted by molar-refractivity contribution is -0.115. The minimum Gasteiger partial charge on any atom is -0.343 e. The molecule has 0 unspecified atom stereocenters. The van der Waals surface area contributed by atoms with Gasteiger partial charge in [0.15, 0.2) is 0 Å². The van der Waals surface area contributed by atoms with E-state index in [1.165, 1.54) is 0 Å². The van der Waals surface area contributed by atoms with Gasteiger partial charge in [0.2, 0.25) is 5.91 Å². The van der Waals surface area contributed by atoms with Crippen molar-refractivity contribution in [3.8, 4) is 0 Å². The fourth-order valence-electron chi connectivity index (χ4n) is 1.79. The first-order chi connectivity index (χ1) is 10.0. The molecule has 108 valence electrons. The molecule has 2 aromatic rings. The molecule has 0 saturated heterocycles. The zero-order valence-electron chi connectivity index (χ0n) is 11.5. The van der Waals surface area contributed by atoms with Crippen molar-refractivity contribution < 1.29 is 9.59 Å². The van der Waals surface area contributed by atoms with Crippen LogP contribution in [0, 0.1) is 6.92 Å². The van der Waals surface area contributed by atoms with E-state index < -0.39 is 0 Å². The Bertz CT molecular complexity index is 654. The minimum absolute atomic E-state index is 0.0879. The zero-order valence-corrected chi connectivity index (χ0v) is 12.3. The quantitative estimate of drug-likeness (QED) is 0.912. The van der Waals surface area contributed by atoms with E-state index in [9.17, 15) is 9.59 Å². The predicted molar refractivity (Wildman–Crippen MR) is 83.6 cm³/mol. The van der Waals surface area contributed by atoms with Gasteiger partial charge in [-0.2, -0.15) is 0 Å². The summed E-state index contributed by atoms with van der Waals surface area (Å²) in [6.07, 6.45) is 0. The zero-order chi connectivity index (χ0) is 15.2. The summed E-state index contributed by atoms with van der Waals surface area (Å²) in [7, 11) is 0. The number of hydrogen-bond donors (Lipinski definition) is 2. The van der Waals surface area contributed by atoms with Crippen molar-refractivity contribution in [3.63, 3.8) is 0 Å². The number of carbonyl (C=O) groups excluding carboxylic acids is 2. The number of nitrogens with one attached hydrogen (secondary N) is 2. The fourth-order valence-corrected chi connectivity index (χ4v) is 1.91. The van der Waals surface area contributed by atoms with Gasteiger partial charge in [-0.25, -0.2) is 0 Å². The molecule has 2 N–H and O–H groups in total. The van der Waals surface area contributed by atoms with Crippen molar-refractivity contribution in [2.24, 2.45) is 0 Å². The molecule has 0 saturated carbocycles. The fraction of sp³-hybridized carbons (Fsp3) is 0.125. The second-order valence-corrected chi connectivity index (χ2v) is 5.04. The van der Waals surface area contributed by atoms with Gasteiger partial charge in [-0.1, -0.05) is 29.3 Å². The summed E-state index contributed by atoms with van der Waals surface area (Å²) in [6, 6.07) is 13.9. The highest BCUT2D eigenvalue weighted by molar-refractivity contribution is 6.30. The van der Waals surface area contributed by atoms with E-state index in [-0.39, 0.29) is 18.4 Å². The third-order valence-corrected chi connectivity index (χ3v) is 3.07. The van der Waals surface area contributed by atoms with Crippen LogP contribution in [0.25, 0.3) is 0 Å². The maximum Gasteiger partial charge on any atom is 0.251 e. The summed E-state index contributed by atoms with van der Waals surface area (Å²) in [6.45, 7) is 1.82. The Balaban J connectivity index is 1.86. The third-order valence-electron chi connectivity index (χ3n) is 2.82. The Hall–Kier alpha value is -2.33. The second kappa shape index (κ2) is 6.90. The first kappa shape index (κ1) is 15.1. The van der Waals surface area contributed by atoms with E-state index in [1.54, 1.807) is 42.5 Å². The largest absolute Gasteiger partial charge is 0.343 e. The van der Waals surface area contributed by atoms with Crippen molar-refractivity contribution in [1.82, 2.24) is 5.32 Å². The third kappa shape index (κ3) is 4.61. The average molecular weight is 303 g/mol. The molecule has 2 amide bonds. The van der Waals surface area contributed by atoms with E-state index in [4.69, 9.17) is 11.6 Å². The normalized spacial score (nSPS) is 10.0. The van der Waals surface area contributed by atoms with Gasteiger partial charge < -0.3 is 10.6 Å². The van der Waals surface area contributed by atoms with Gasteiger partial charge in [-0.05, 0) is 43.3 Å². The molecule has 21 heavy (non-hydrogen) atoms. The first-order valence-electron chi connectivity index (χ1n) is 6.45. The van der Waals surface area contributed by atoms with Crippen molar-refractivity contribution in [2.75, 3.05) is 11.9 Å². The SMILES string of the molecule is Cc1cccc(C(=O)NCC(=O)Nc2ccc(Cl)cc2)c1. The summed E-state index contributed by atoms with van der Waals surface area (Å²) in [5, 5.41) is 5.85. The number of rotatable bonds is 4. The molecule has 0 aliphatic carbocycles. The number of benzene rings is 2. The van der Waals surface area contributed by atoms with Gasteiger partial charge in [0.25, 0.3) is 5.91 Å². The molecule has 0 spiro atoms. The lowest BCUT2D eigenvalue weighted by atomic mass is 10.1. The number of halogens is 1. The summed E-state index contributed by atoms with van der Waals surface area (Å²) >= 11 is 5.76. The van der Waals surface area contributed by atoms with Crippen molar-refractivity contribution in [3.05, 3.63) is 64.7 Å². The van der Waals surface area contributed by atoms with Crippen molar-refractivity contribution >= 4 is 29.1 Å². The predicted octanol–water partition coefficient (Wildman–Crippen LogP) is 3.02. The molecular formula is C16H15ClN2O2. The van der Waals surface area contributed by atoms with Gasteiger partial charge in [-0.15, -0.1) is 0 Å². The Morgan fingerprint density at radius 3 is 2.48 bits per heavy atom. The van der Waals surface area contributed by atoms with Crippen LogP contribution in [0.15, 0.2) is 48.5 Å². The Kier molecular flexibility index (Phi) is 4.95. The van der Waals surface area contributed by atoms with Gasteiger partial charge in [-0.3, -0.25) is 9.59 Å². The molecule has 0 fully saturated rings. The molecule has 0 heterocycles. The van der Waals surface area contributed by atoms with Crippen LogP contribution in [0.3, 0.4) is 0 Å². The summed E-state index contributed by atoms with van der Waals surface area (Å²) in [5.74, 6) is -0.566. The van der Waals surface area contributed by atoms with Crippen LogP contribution in [0.1, 0.15) is 15.9 Å². The molecule has 0 bridgehead atoms. The minimum atomic E-state index is -0.293. The summed E-state index contributed by atoms with van der Waals surface area (Å²) in [5.41, 5.74) is 2.16. The average Bonchev–Trinajstić information content (AvgIpc) is 2.47. The summed E-state index contributed by atoms with van der Waals surface area (Å²) < 4.78 is 0. The molecule has 0 aromatic heterocycles. The van der Waals surface area contributed by atoms with Crippen molar-refractivity contribution in [1.29, 1.82) is 0 Å². The number of hydrogen-bond acceptors (Lipinski definition) is 2. The number of anilines is 1. The summed E-state index contributed by atoms with van der Waals surface area (Å²) in [4.78, 5) is 23.6. The van der Waals surface area contributed by atoms with Crippen LogP contribution in [-0.4, -0.2) is 18.4 Å². The number of aryl methyl sites for hydroxylation is 1. The van der Waals surface area contributed by atoms with E-state index in [0.717, 1.165) is 5.56 Å². The standard InChI is InChI=1S/C16H15ClN2O2/c1-11-3-2-4-12(9-11)16(21)18-10-15(20)19-14-7-5-13(17)6-8-14/h2-9H,10H2,1H3,(H,18,21)(H,19,20). The Labute approximate surface area is 128 Å². The molecule has 5 heteroatoms. The van der Waals surface area contributed by atoms with Crippen LogP contribution in [0.2, 0.25) is 5.02 Å². The maximum atomic E-state index is 11.9. The molecule has 2 rings (SSSR count). The van der Waals surface area contributed by atoms with Crippen LogP contribution in [0.5, 0.6) is 0 Å². The van der Waals surface area contributed by atoms with Gasteiger partial charge in [0, 0.05) is 16.3 Å². The second-order valence-electron chi connectivity index (χ2n) is 4.61. The maximum absolute atomic E-state index is 11.9. The highest BCUT2D eigenvalue weighted by Crippen LogP contribution is 2.13. The molecule has 0 atom stereocenters. The molecule has 4 nitrogen and oxygen atoms in total. The van der Waals surface area contributed by atoms with Gasteiger partial charge in [0.05, 0.1) is 6.54 Å². The van der Waals surface area contributed by atoms with E-state index in [2.05, 4.69) is 10.6 Å². The molecular weight excluding hydrogens is 288 g/mol. The Morgan fingerprint density at radius 1 is 1.10 bits per heavy atom. The van der Waals surface area contributed by atoms with Crippen LogP contribution in [0.4, 0.5) is 5.69 Å². The van der Waals surface area contributed by atoms with E-state index in [0.29, 0.717) is 16.3 Å². The molecule has 0 radical (unpaired) electrons. The van der Waals surface area contributed by atoms with Gasteiger partial charge in [0.1, 0.15) is 0 Å². The molecule has 0 aliphatic rings. The number of amides is 2. The topological polar surface area (TPSA) is 58.2 Å². The van der Waals surface area contributed by atoms with Gasteiger partial charge >= 0.3 is 0 Å².